The Bertz CT molecular complexity index is 394. The van der Waals surface area contributed by atoms with Gasteiger partial charge in [-0.3, -0.25) is 0 Å². The lowest BCUT2D eigenvalue weighted by atomic mass is 10.1. The zero-order valence-corrected chi connectivity index (χ0v) is 13.4. The van der Waals surface area contributed by atoms with Gasteiger partial charge in [0.05, 0.1) is 14.2 Å². The van der Waals surface area contributed by atoms with Crippen molar-refractivity contribution in [2.75, 3.05) is 41.4 Å². The van der Waals surface area contributed by atoms with Gasteiger partial charge in [0.15, 0.2) is 11.5 Å². The molecule has 0 saturated carbocycles. The van der Waals surface area contributed by atoms with Crippen molar-refractivity contribution in [3.8, 4) is 11.5 Å². The molecule has 0 aliphatic heterocycles. The lowest BCUT2D eigenvalue weighted by Gasteiger charge is -2.17. The number of nitrogens with zero attached hydrogens (tertiary/aromatic N) is 1. The van der Waals surface area contributed by atoms with E-state index in [0.717, 1.165) is 24.6 Å². The van der Waals surface area contributed by atoms with Gasteiger partial charge < -0.3 is 19.7 Å². The van der Waals surface area contributed by atoms with E-state index in [0.29, 0.717) is 6.04 Å². The van der Waals surface area contributed by atoms with Gasteiger partial charge in [-0.25, -0.2) is 0 Å². The van der Waals surface area contributed by atoms with Crippen molar-refractivity contribution in [3.63, 3.8) is 0 Å². The van der Waals surface area contributed by atoms with Crippen molar-refractivity contribution in [3.05, 3.63) is 23.8 Å². The minimum atomic E-state index is 0.314. The van der Waals surface area contributed by atoms with Gasteiger partial charge in [0.1, 0.15) is 0 Å². The molecule has 0 radical (unpaired) electrons. The van der Waals surface area contributed by atoms with Gasteiger partial charge in [0.25, 0.3) is 0 Å². The molecule has 1 aromatic rings. The second-order valence-electron chi connectivity index (χ2n) is 5.30. The molecule has 0 amide bonds. The number of hydrogen-bond donors (Lipinski definition) is 1. The second kappa shape index (κ2) is 8.82. The first-order valence-electron chi connectivity index (χ1n) is 7.18. The van der Waals surface area contributed by atoms with Gasteiger partial charge in [0.2, 0.25) is 0 Å². The first-order valence-corrected chi connectivity index (χ1v) is 7.18. The van der Waals surface area contributed by atoms with Crippen LogP contribution in [0, 0.1) is 0 Å². The van der Waals surface area contributed by atoms with Gasteiger partial charge in [-0.05, 0) is 64.6 Å². The van der Waals surface area contributed by atoms with Crippen molar-refractivity contribution < 1.29 is 9.47 Å². The van der Waals surface area contributed by atoms with E-state index in [4.69, 9.17) is 9.47 Å². The van der Waals surface area contributed by atoms with Crippen molar-refractivity contribution in [2.24, 2.45) is 0 Å². The van der Waals surface area contributed by atoms with E-state index in [9.17, 15) is 0 Å². The summed E-state index contributed by atoms with van der Waals surface area (Å²) in [4.78, 5) is 2.22. The minimum Gasteiger partial charge on any atom is -0.493 e. The lowest BCUT2D eigenvalue weighted by Crippen LogP contribution is -2.21. The fourth-order valence-corrected chi connectivity index (χ4v) is 2.11. The summed E-state index contributed by atoms with van der Waals surface area (Å²) < 4.78 is 10.6. The molecule has 4 heteroatoms. The number of unbranched alkanes of at least 4 members (excludes halogenated alkanes) is 1. The van der Waals surface area contributed by atoms with Crippen LogP contribution in [0.5, 0.6) is 11.5 Å². The number of nitrogens with one attached hydrogen (secondary N) is 1. The third-order valence-electron chi connectivity index (χ3n) is 3.39. The van der Waals surface area contributed by atoms with E-state index in [1.54, 1.807) is 14.2 Å². The Balaban J connectivity index is 2.45. The summed E-state index contributed by atoms with van der Waals surface area (Å²) in [6.07, 6.45) is 2.41. The monoisotopic (exact) mass is 280 g/mol. The number of hydrogen-bond acceptors (Lipinski definition) is 4. The first-order chi connectivity index (χ1) is 9.58. The number of ether oxygens (including phenoxy) is 2. The van der Waals surface area contributed by atoms with Crippen LogP contribution < -0.4 is 14.8 Å². The largest absolute Gasteiger partial charge is 0.493 e. The van der Waals surface area contributed by atoms with E-state index >= 15 is 0 Å². The summed E-state index contributed by atoms with van der Waals surface area (Å²) in [7, 11) is 7.55. The fraction of sp³-hybridized carbons (Fsp3) is 0.625. The molecule has 0 aromatic heterocycles. The summed E-state index contributed by atoms with van der Waals surface area (Å²) in [5.41, 5.74) is 1.22. The Morgan fingerprint density at radius 1 is 1.10 bits per heavy atom. The van der Waals surface area contributed by atoms with E-state index in [1.807, 2.05) is 12.1 Å². The summed E-state index contributed by atoms with van der Waals surface area (Å²) in [6, 6.07) is 6.39. The Kier molecular flexibility index (Phi) is 7.41. The molecule has 0 heterocycles. The van der Waals surface area contributed by atoms with Crippen LogP contribution in [0.2, 0.25) is 0 Å². The van der Waals surface area contributed by atoms with Gasteiger partial charge >= 0.3 is 0 Å². The lowest BCUT2D eigenvalue weighted by molar-refractivity contribution is 0.354. The highest BCUT2D eigenvalue weighted by Crippen LogP contribution is 2.29. The molecule has 4 nitrogen and oxygen atoms in total. The average molecular weight is 280 g/mol. The topological polar surface area (TPSA) is 33.7 Å². The molecule has 1 atom stereocenters. The van der Waals surface area contributed by atoms with Gasteiger partial charge in [-0.15, -0.1) is 0 Å². The second-order valence-corrected chi connectivity index (χ2v) is 5.30. The van der Waals surface area contributed by atoms with E-state index in [-0.39, 0.29) is 0 Å². The SMILES string of the molecule is COc1ccc(C(C)NCCCCN(C)C)cc1OC. The predicted molar refractivity (Wildman–Crippen MR) is 83.8 cm³/mol. The van der Waals surface area contributed by atoms with E-state index < -0.39 is 0 Å². The van der Waals surface area contributed by atoms with Gasteiger partial charge in [0, 0.05) is 6.04 Å². The molecule has 1 rings (SSSR count). The molecule has 114 valence electrons. The molecule has 0 aliphatic rings. The van der Waals surface area contributed by atoms with Crippen LogP contribution in [0.3, 0.4) is 0 Å². The normalized spacial score (nSPS) is 12.5. The van der Waals surface area contributed by atoms with Crippen LogP contribution in [-0.4, -0.2) is 46.3 Å². The van der Waals surface area contributed by atoms with E-state index in [2.05, 4.69) is 37.3 Å². The molecule has 1 N–H and O–H groups in total. The predicted octanol–water partition coefficient (Wildman–Crippen LogP) is 2.70. The van der Waals surface area contributed by atoms with Crippen LogP contribution in [0.4, 0.5) is 0 Å². The summed E-state index contributed by atoms with van der Waals surface area (Å²) in [5.74, 6) is 1.56. The van der Waals surface area contributed by atoms with Crippen molar-refractivity contribution in [1.29, 1.82) is 0 Å². The average Bonchev–Trinajstić information content (AvgIpc) is 2.45. The minimum absolute atomic E-state index is 0.314. The fourth-order valence-electron chi connectivity index (χ4n) is 2.11. The number of methoxy groups -OCH3 is 2. The van der Waals surface area contributed by atoms with Crippen LogP contribution in [-0.2, 0) is 0 Å². The van der Waals surface area contributed by atoms with Crippen LogP contribution in [0.25, 0.3) is 0 Å². The molecule has 20 heavy (non-hydrogen) atoms. The van der Waals surface area contributed by atoms with Crippen LogP contribution >= 0.6 is 0 Å². The number of benzene rings is 1. The highest BCUT2D eigenvalue weighted by Gasteiger charge is 2.09. The van der Waals surface area contributed by atoms with Gasteiger partial charge in [-0.1, -0.05) is 6.07 Å². The summed E-state index contributed by atoms with van der Waals surface area (Å²) in [6.45, 7) is 4.35. The Hall–Kier alpha value is -1.26. The highest BCUT2D eigenvalue weighted by atomic mass is 16.5. The standard InChI is InChI=1S/C16H28N2O2/c1-13(17-10-6-7-11-18(2)3)14-8-9-15(19-4)16(12-14)20-5/h8-9,12-13,17H,6-7,10-11H2,1-5H3. The molecule has 0 aliphatic carbocycles. The van der Waals surface area contributed by atoms with Crippen molar-refractivity contribution >= 4 is 0 Å². The molecule has 0 spiro atoms. The Morgan fingerprint density at radius 3 is 2.40 bits per heavy atom. The zero-order chi connectivity index (χ0) is 15.0. The van der Waals surface area contributed by atoms with Gasteiger partial charge in [-0.2, -0.15) is 0 Å². The maximum atomic E-state index is 5.34. The molecule has 0 saturated heterocycles. The molecule has 0 bridgehead atoms. The molecule has 1 aromatic carbocycles. The van der Waals surface area contributed by atoms with Crippen molar-refractivity contribution in [2.45, 2.75) is 25.8 Å². The molecule has 0 fully saturated rings. The first kappa shape index (κ1) is 16.8. The smallest absolute Gasteiger partial charge is 0.161 e. The summed E-state index contributed by atoms with van der Waals surface area (Å²) >= 11 is 0. The molecular formula is C16H28N2O2. The zero-order valence-electron chi connectivity index (χ0n) is 13.4. The highest BCUT2D eigenvalue weighted by molar-refractivity contribution is 5.43. The third kappa shape index (κ3) is 5.39. The van der Waals surface area contributed by atoms with E-state index in [1.165, 1.54) is 18.4 Å². The summed E-state index contributed by atoms with van der Waals surface area (Å²) in [5, 5.41) is 3.55. The van der Waals surface area contributed by atoms with Crippen LogP contribution in [0.1, 0.15) is 31.4 Å². The maximum absolute atomic E-state index is 5.34. The molecule has 1 unspecified atom stereocenters. The van der Waals surface area contributed by atoms with Crippen molar-refractivity contribution in [1.82, 2.24) is 10.2 Å². The number of rotatable bonds is 9. The Labute approximate surface area is 123 Å². The maximum Gasteiger partial charge on any atom is 0.161 e. The molecular weight excluding hydrogens is 252 g/mol. The van der Waals surface area contributed by atoms with Crippen LogP contribution in [0.15, 0.2) is 18.2 Å². The third-order valence-corrected chi connectivity index (χ3v) is 3.39. The quantitative estimate of drug-likeness (QED) is 0.705. The Morgan fingerprint density at radius 2 is 1.80 bits per heavy atom.